The molecular weight excluding hydrogens is 376 g/mol. The number of halogens is 1. The molecule has 1 atom stereocenters. The quantitative estimate of drug-likeness (QED) is 0.563. The highest BCUT2D eigenvalue weighted by atomic mass is 35.5. The van der Waals surface area contributed by atoms with Crippen LogP contribution in [-0.2, 0) is 20.9 Å². The van der Waals surface area contributed by atoms with Crippen LogP contribution in [0.15, 0.2) is 65.9 Å². The zero-order valence-electron chi connectivity index (χ0n) is 15.4. The van der Waals surface area contributed by atoms with Crippen molar-refractivity contribution in [1.82, 2.24) is 4.90 Å². The van der Waals surface area contributed by atoms with Gasteiger partial charge in [-0.15, -0.1) is 0 Å². The number of carbonyl (C=O) groups excluding carboxylic acids is 2. The number of carbonyl (C=O) groups is 2. The molecule has 0 radical (unpaired) electrons. The molecule has 0 bridgehead atoms. The highest BCUT2D eigenvalue weighted by molar-refractivity contribution is 6.30. The van der Waals surface area contributed by atoms with Gasteiger partial charge in [-0.1, -0.05) is 54.1 Å². The van der Waals surface area contributed by atoms with Crippen LogP contribution in [-0.4, -0.2) is 23.3 Å². The third-order valence-electron chi connectivity index (χ3n) is 4.76. The number of ether oxygens (including phenoxy) is 1. The average Bonchev–Trinajstić information content (AvgIpc) is 2.70. The fraction of sp³-hybridized carbons (Fsp3) is 0.227. The van der Waals surface area contributed by atoms with Crippen LogP contribution < -0.4 is 0 Å². The lowest BCUT2D eigenvalue weighted by molar-refractivity contribution is -0.141. The topological polar surface area (TPSA) is 70.4 Å². The lowest BCUT2D eigenvalue weighted by Crippen LogP contribution is -2.38. The number of nitrogens with zero attached hydrogens (tertiary/aromatic N) is 2. The minimum absolute atomic E-state index is 0.0937. The number of benzene rings is 2. The summed E-state index contributed by atoms with van der Waals surface area (Å²) in [5.74, 6) is -1.13. The number of hydrogen-bond donors (Lipinski definition) is 0. The van der Waals surface area contributed by atoms with E-state index < -0.39 is 11.9 Å². The predicted octanol–water partition coefficient (Wildman–Crippen LogP) is 4.20. The van der Waals surface area contributed by atoms with Gasteiger partial charge in [-0.25, -0.2) is 4.79 Å². The van der Waals surface area contributed by atoms with Crippen molar-refractivity contribution in [3.05, 3.63) is 82.0 Å². The third kappa shape index (κ3) is 4.24. The van der Waals surface area contributed by atoms with Crippen LogP contribution in [0.2, 0.25) is 5.02 Å². The number of nitriles is 1. The van der Waals surface area contributed by atoms with Gasteiger partial charge in [0.15, 0.2) is 0 Å². The predicted molar refractivity (Wildman–Crippen MR) is 105 cm³/mol. The fourth-order valence-electron chi connectivity index (χ4n) is 3.32. The minimum atomic E-state index is -0.489. The van der Waals surface area contributed by atoms with Gasteiger partial charge in [0.25, 0.3) is 0 Å². The normalized spacial score (nSPS) is 16.7. The summed E-state index contributed by atoms with van der Waals surface area (Å²) in [6.07, 6.45) is 0.0937. The van der Waals surface area contributed by atoms with Gasteiger partial charge in [0.05, 0.1) is 11.6 Å². The Labute approximate surface area is 168 Å². The number of hydrogen-bond acceptors (Lipinski definition) is 4. The molecule has 0 aliphatic carbocycles. The Hall–Kier alpha value is -3.10. The summed E-state index contributed by atoms with van der Waals surface area (Å²) in [4.78, 5) is 26.9. The van der Waals surface area contributed by atoms with Crippen molar-refractivity contribution in [2.45, 2.75) is 25.9 Å². The van der Waals surface area contributed by atoms with Crippen molar-refractivity contribution in [1.29, 1.82) is 5.26 Å². The van der Waals surface area contributed by atoms with Crippen LogP contribution in [0.5, 0.6) is 0 Å². The van der Waals surface area contributed by atoms with Crippen molar-refractivity contribution in [2.24, 2.45) is 0 Å². The maximum absolute atomic E-state index is 13.0. The van der Waals surface area contributed by atoms with E-state index in [-0.39, 0.29) is 25.5 Å². The Morgan fingerprint density at radius 3 is 2.54 bits per heavy atom. The van der Waals surface area contributed by atoms with Crippen LogP contribution >= 0.6 is 11.6 Å². The average molecular weight is 395 g/mol. The molecule has 2 aromatic rings. The molecule has 28 heavy (non-hydrogen) atoms. The van der Waals surface area contributed by atoms with E-state index in [0.717, 1.165) is 11.1 Å². The summed E-state index contributed by atoms with van der Waals surface area (Å²) in [5, 5.41) is 9.62. The van der Waals surface area contributed by atoms with E-state index in [1.54, 1.807) is 31.2 Å². The first-order chi connectivity index (χ1) is 13.5. The highest BCUT2D eigenvalue weighted by Gasteiger charge is 2.36. The van der Waals surface area contributed by atoms with Crippen LogP contribution in [0, 0.1) is 11.3 Å². The van der Waals surface area contributed by atoms with E-state index in [2.05, 4.69) is 0 Å². The van der Waals surface area contributed by atoms with Crippen molar-refractivity contribution in [3.8, 4) is 6.07 Å². The summed E-state index contributed by atoms with van der Waals surface area (Å²) in [7, 11) is 0. The molecule has 0 saturated carbocycles. The van der Waals surface area contributed by atoms with Gasteiger partial charge in [0.1, 0.15) is 13.2 Å². The smallest absolute Gasteiger partial charge is 0.336 e. The minimum Gasteiger partial charge on any atom is -0.457 e. The molecule has 0 aromatic heterocycles. The van der Waals surface area contributed by atoms with Gasteiger partial charge in [0, 0.05) is 23.1 Å². The summed E-state index contributed by atoms with van der Waals surface area (Å²) < 4.78 is 5.53. The van der Waals surface area contributed by atoms with E-state index in [1.165, 1.54) is 4.90 Å². The van der Waals surface area contributed by atoms with Crippen LogP contribution in [0.1, 0.15) is 30.4 Å². The van der Waals surface area contributed by atoms with Gasteiger partial charge in [0.2, 0.25) is 5.91 Å². The van der Waals surface area contributed by atoms with Crippen molar-refractivity contribution in [3.63, 3.8) is 0 Å². The molecule has 0 N–H and O–H groups in total. The van der Waals surface area contributed by atoms with Crippen molar-refractivity contribution in [2.75, 3.05) is 6.54 Å². The van der Waals surface area contributed by atoms with Gasteiger partial charge in [-0.2, -0.15) is 5.26 Å². The third-order valence-corrected chi connectivity index (χ3v) is 5.01. The van der Waals surface area contributed by atoms with Gasteiger partial charge in [-0.3, -0.25) is 4.79 Å². The second kappa shape index (κ2) is 8.73. The first-order valence-electron chi connectivity index (χ1n) is 8.86. The van der Waals surface area contributed by atoms with Gasteiger partial charge >= 0.3 is 5.97 Å². The molecule has 1 amide bonds. The number of esters is 1. The Morgan fingerprint density at radius 2 is 1.89 bits per heavy atom. The SMILES string of the molecule is CC1=C(C(=O)OCc2ccccc2)C(c2ccc(Cl)cc2)CC(=O)N1CC#N. The first-order valence-corrected chi connectivity index (χ1v) is 9.23. The standard InChI is InChI=1S/C22H19ClN2O3/c1-15-21(22(27)28-14-16-5-3-2-4-6-16)19(13-20(26)25(15)12-11-24)17-7-9-18(23)10-8-17/h2-10,19H,12-14H2,1H3. The zero-order valence-corrected chi connectivity index (χ0v) is 16.1. The fourth-order valence-corrected chi connectivity index (χ4v) is 3.45. The molecule has 2 aromatic carbocycles. The summed E-state index contributed by atoms with van der Waals surface area (Å²) in [5.41, 5.74) is 2.53. The second-order valence-electron chi connectivity index (χ2n) is 6.51. The monoisotopic (exact) mass is 394 g/mol. The van der Waals surface area contributed by atoms with Crippen molar-refractivity contribution >= 4 is 23.5 Å². The molecule has 1 heterocycles. The van der Waals surface area contributed by atoms with E-state index in [0.29, 0.717) is 16.3 Å². The number of allylic oxidation sites excluding steroid dienone is 1. The van der Waals surface area contributed by atoms with Crippen LogP contribution in [0.25, 0.3) is 0 Å². The van der Waals surface area contributed by atoms with E-state index >= 15 is 0 Å². The zero-order chi connectivity index (χ0) is 20.1. The number of amides is 1. The second-order valence-corrected chi connectivity index (χ2v) is 6.94. The van der Waals surface area contributed by atoms with E-state index in [9.17, 15) is 9.59 Å². The Kier molecular flexibility index (Phi) is 6.13. The Morgan fingerprint density at radius 1 is 1.21 bits per heavy atom. The molecule has 0 saturated heterocycles. The van der Waals surface area contributed by atoms with Crippen molar-refractivity contribution < 1.29 is 14.3 Å². The molecule has 5 nitrogen and oxygen atoms in total. The Balaban J connectivity index is 1.94. The molecule has 6 heteroatoms. The van der Waals surface area contributed by atoms with Gasteiger partial charge in [-0.05, 0) is 30.2 Å². The number of rotatable bonds is 5. The molecule has 1 aliphatic heterocycles. The molecule has 1 unspecified atom stereocenters. The largest absolute Gasteiger partial charge is 0.457 e. The summed E-state index contributed by atoms with van der Waals surface area (Å²) in [6.45, 7) is 1.71. The lowest BCUT2D eigenvalue weighted by atomic mass is 9.83. The summed E-state index contributed by atoms with van der Waals surface area (Å²) in [6, 6.07) is 18.4. The first kappa shape index (κ1) is 19.7. The molecule has 0 spiro atoms. The highest BCUT2D eigenvalue weighted by Crippen LogP contribution is 2.37. The summed E-state index contributed by atoms with van der Waals surface area (Å²) >= 11 is 5.97. The molecule has 0 fully saturated rings. The van der Waals surface area contributed by atoms with E-state index in [1.807, 2.05) is 36.4 Å². The molecule has 142 valence electrons. The molecular formula is C22H19ClN2O3. The van der Waals surface area contributed by atoms with Crippen LogP contribution in [0.4, 0.5) is 0 Å². The van der Waals surface area contributed by atoms with Crippen LogP contribution in [0.3, 0.4) is 0 Å². The lowest BCUT2D eigenvalue weighted by Gasteiger charge is -2.33. The Bertz CT molecular complexity index is 946. The maximum Gasteiger partial charge on any atom is 0.336 e. The van der Waals surface area contributed by atoms with E-state index in [4.69, 9.17) is 21.6 Å². The maximum atomic E-state index is 13.0. The van der Waals surface area contributed by atoms with Gasteiger partial charge < -0.3 is 9.64 Å². The molecule has 1 aliphatic rings. The molecule has 3 rings (SSSR count).